The van der Waals surface area contributed by atoms with Crippen molar-refractivity contribution in [3.05, 3.63) is 29.8 Å². The molecule has 1 saturated heterocycles. The molecule has 1 heterocycles. The van der Waals surface area contributed by atoms with E-state index < -0.39 is 0 Å². The molecule has 1 unspecified atom stereocenters. The molecule has 1 aromatic rings. The van der Waals surface area contributed by atoms with Crippen LogP contribution in [0.4, 0.5) is 5.69 Å². The standard InChI is InChI=1S/C22H32N2O3/c1-3-24(19-7-4-6-16(2)14-19)22(26)18-11-9-17(10-12-18)21(25)23-15-20-8-5-13-27-20/h4,6-7,14,17-18,20H,3,5,8-13,15H2,1-2H3,(H,23,25). The fraction of sp³-hybridized carbons (Fsp3) is 0.636. The van der Waals surface area contributed by atoms with Crippen molar-refractivity contribution in [1.82, 2.24) is 5.32 Å². The molecule has 1 saturated carbocycles. The highest BCUT2D eigenvalue weighted by atomic mass is 16.5. The Morgan fingerprint density at radius 1 is 1.15 bits per heavy atom. The molecule has 27 heavy (non-hydrogen) atoms. The molecule has 2 aliphatic rings. The summed E-state index contributed by atoms with van der Waals surface area (Å²) in [5.41, 5.74) is 2.13. The molecular formula is C22H32N2O3. The lowest BCUT2D eigenvalue weighted by Gasteiger charge is -2.31. The third-order valence-corrected chi connectivity index (χ3v) is 5.87. The lowest BCUT2D eigenvalue weighted by atomic mass is 9.80. The molecular weight excluding hydrogens is 340 g/mol. The van der Waals surface area contributed by atoms with Crippen molar-refractivity contribution in [2.45, 2.75) is 58.5 Å². The van der Waals surface area contributed by atoms with E-state index in [0.717, 1.165) is 56.4 Å². The molecule has 2 fully saturated rings. The van der Waals surface area contributed by atoms with Crippen molar-refractivity contribution < 1.29 is 14.3 Å². The summed E-state index contributed by atoms with van der Waals surface area (Å²) in [4.78, 5) is 27.3. The maximum atomic E-state index is 13.0. The van der Waals surface area contributed by atoms with Crippen molar-refractivity contribution in [1.29, 1.82) is 0 Å². The van der Waals surface area contributed by atoms with Crippen LogP contribution in [-0.4, -0.2) is 37.6 Å². The highest BCUT2D eigenvalue weighted by Gasteiger charge is 2.32. The summed E-state index contributed by atoms with van der Waals surface area (Å²) in [5.74, 6) is 0.376. The van der Waals surface area contributed by atoms with Crippen LogP contribution in [0.3, 0.4) is 0 Å². The molecule has 0 bridgehead atoms. The summed E-state index contributed by atoms with van der Waals surface area (Å²) in [6.07, 6.45) is 5.46. The van der Waals surface area contributed by atoms with E-state index in [2.05, 4.69) is 11.4 Å². The summed E-state index contributed by atoms with van der Waals surface area (Å²) in [7, 11) is 0. The number of carbonyl (C=O) groups excluding carboxylic acids is 2. The van der Waals surface area contributed by atoms with Gasteiger partial charge in [0.1, 0.15) is 0 Å². The molecule has 1 aromatic carbocycles. The second kappa shape index (κ2) is 9.36. The lowest BCUT2D eigenvalue weighted by molar-refractivity contribution is -0.129. The first kappa shape index (κ1) is 19.9. The average Bonchev–Trinajstić information content (AvgIpc) is 3.20. The molecule has 0 aromatic heterocycles. The van der Waals surface area contributed by atoms with Crippen LogP contribution < -0.4 is 10.2 Å². The number of nitrogens with zero attached hydrogens (tertiary/aromatic N) is 1. The van der Waals surface area contributed by atoms with Crippen LogP contribution in [0, 0.1) is 18.8 Å². The van der Waals surface area contributed by atoms with Gasteiger partial charge in [-0.2, -0.15) is 0 Å². The molecule has 5 heteroatoms. The summed E-state index contributed by atoms with van der Waals surface area (Å²) in [5, 5.41) is 3.05. The largest absolute Gasteiger partial charge is 0.376 e. The maximum Gasteiger partial charge on any atom is 0.230 e. The first-order chi connectivity index (χ1) is 13.1. The third kappa shape index (κ3) is 5.10. The monoisotopic (exact) mass is 372 g/mol. The first-order valence-corrected chi connectivity index (χ1v) is 10.4. The van der Waals surface area contributed by atoms with E-state index in [1.165, 1.54) is 0 Å². The molecule has 1 aliphatic carbocycles. The smallest absolute Gasteiger partial charge is 0.230 e. The Labute approximate surface area is 162 Å². The van der Waals surface area contributed by atoms with E-state index in [9.17, 15) is 9.59 Å². The second-order valence-corrected chi connectivity index (χ2v) is 7.85. The molecule has 0 radical (unpaired) electrons. The number of hydrogen-bond donors (Lipinski definition) is 1. The maximum absolute atomic E-state index is 13.0. The van der Waals surface area contributed by atoms with Gasteiger partial charge in [-0.3, -0.25) is 9.59 Å². The van der Waals surface area contributed by atoms with Crippen LogP contribution in [0.25, 0.3) is 0 Å². The normalized spacial score (nSPS) is 25.2. The topological polar surface area (TPSA) is 58.6 Å². The molecule has 2 amide bonds. The Hall–Kier alpha value is -1.88. The van der Waals surface area contributed by atoms with Crippen LogP contribution in [0.5, 0.6) is 0 Å². The molecule has 5 nitrogen and oxygen atoms in total. The predicted molar refractivity (Wildman–Crippen MR) is 107 cm³/mol. The zero-order valence-electron chi connectivity index (χ0n) is 16.6. The molecule has 1 N–H and O–H groups in total. The van der Waals surface area contributed by atoms with Gasteiger partial charge in [-0.1, -0.05) is 12.1 Å². The summed E-state index contributed by atoms with van der Waals surface area (Å²) < 4.78 is 5.56. The number of anilines is 1. The highest BCUT2D eigenvalue weighted by molar-refractivity contribution is 5.95. The molecule has 1 atom stereocenters. The average molecular weight is 373 g/mol. The molecule has 148 valence electrons. The van der Waals surface area contributed by atoms with Crippen molar-refractivity contribution >= 4 is 17.5 Å². The van der Waals surface area contributed by atoms with Gasteiger partial charge in [-0.25, -0.2) is 0 Å². The van der Waals surface area contributed by atoms with Crippen LogP contribution >= 0.6 is 0 Å². The fourth-order valence-corrected chi connectivity index (χ4v) is 4.25. The van der Waals surface area contributed by atoms with Gasteiger partial charge in [0.05, 0.1) is 6.10 Å². The summed E-state index contributed by atoms with van der Waals surface area (Å²) in [6, 6.07) is 8.10. The van der Waals surface area contributed by atoms with Crippen LogP contribution in [-0.2, 0) is 14.3 Å². The minimum Gasteiger partial charge on any atom is -0.376 e. The Bertz CT molecular complexity index is 647. The van der Waals surface area contributed by atoms with E-state index >= 15 is 0 Å². The number of rotatable bonds is 6. The Morgan fingerprint density at radius 3 is 2.52 bits per heavy atom. The SMILES string of the molecule is CCN(C(=O)C1CCC(C(=O)NCC2CCCO2)CC1)c1cccc(C)c1. The van der Waals surface area contributed by atoms with E-state index in [4.69, 9.17) is 4.74 Å². The minimum atomic E-state index is 0.0210. The first-order valence-electron chi connectivity index (χ1n) is 10.4. The lowest BCUT2D eigenvalue weighted by Crippen LogP contribution is -2.41. The predicted octanol–water partition coefficient (Wildman–Crippen LogP) is 3.45. The number of aryl methyl sites for hydroxylation is 1. The fourth-order valence-electron chi connectivity index (χ4n) is 4.25. The van der Waals surface area contributed by atoms with E-state index in [1.807, 2.05) is 36.9 Å². The van der Waals surface area contributed by atoms with Gasteiger partial charge in [0.2, 0.25) is 11.8 Å². The van der Waals surface area contributed by atoms with Gasteiger partial charge in [-0.05, 0) is 70.1 Å². The third-order valence-electron chi connectivity index (χ3n) is 5.87. The van der Waals surface area contributed by atoms with Crippen molar-refractivity contribution in [2.75, 3.05) is 24.6 Å². The number of ether oxygens (including phenoxy) is 1. The Morgan fingerprint density at radius 2 is 1.89 bits per heavy atom. The van der Waals surface area contributed by atoms with E-state index in [-0.39, 0.29) is 29.8 Å². The van der Waals surface area contributed by atoms with Gasteiger partial charge < -0.3 is 15.0 Å². The van der Waals surface area contributed by atoms with Gasteiger partial charge >= 0.3 is 0 Å². The highest BCUT2D eigenvalue weighted by Crippen LogP contribution is 2.31. The van der Waals surface area contributed by atoms with Gasteiger partial charge in [0.25, 0.3) is 0 Å². The number of amides is 2. The number of hydrogen-bond acceptors (Lipinski definition) is 3. The Balaban J connectivity index is 1.50. The van der Waals surface area contributed by atoms with Crippen molar-refractivity contribution in [2.24, 2.45) is 11.8 Å². The molecule has 3 rings (SSSR count). The van der Waals surface area contributed by atoms with Gasteiger partial charge in [0.15, 0.2) is 0 Å². The van der Waals surface area contributed by atoms with Crippen molar-refractivity contribution in [3.8, 4) is 0 Å². The number of benzene rings is 1. The number of carbonyl (C=O) groups is 2. The van der Waals surface area contributed by atoms with E-state index in [1.54, 1.807) is 0 Å². The second-order valence-electron chi connectivity index (χ2n) is 7.85. The van der Waals surface area contributed by atoms with Crippen LogP contribution in [0.1, 0.15) is 51.0 Å². The van der Waals surface area contributed by atoms with Gasteiger partial charge in [-0.15, -0.1) is 0 Å². The van der Waals surface area contributed by atoms with Crippen LogP contribution in [0.2, 0.25) is 0 Å². The zero-order valence-corrected chi connectivity index (χ0v) is 16.6. The van der Waals surface area contributed by atoms with E-state index in [0.29, 0.717) is 13.1 Å². The van der Waals surface area contributed by atoms with Crippen LogP contribution in [0.15, 0.2) is 24.3 Å². The minimum absolute atomic E-state index is 0.0210. The Kier molecular flexibility index (Phi) is 6.89. The molecule has 1 aliphatic heterocycles. The quantitative estimate of drug-likeness (QED) is 0.832. The summed E-state index contributed by atoms with van der Waals surface area (Å²) in [6.45, 7) is 6.16. The van der Waals surface area contributed by atoms with Gasteiger partial charge in [0, 0.05) is 37.2 Å². The zero-order chi connectivity index (χ0) is 19.2. The number of nitrogens with one attached hydrogen (secondary N) is 1. The van der Waals surface area contributed by atoms with Crippen molar-refractivity contribution in [3.63, 3.8) is 0 Å². The summed E-state index contributed by atoms with van der Waals surface area (Å²) >= 11 is 0. The molecule has 0 spiro atoms.